The van der Waals surface area contributed by atoms with E-state index in [-0.39, 0.29) is 12.5 Å². The third-order valence-corrected chi connectivity index (χ3v) is 2.72. The Balaban J connectivity index is 2.26. The largest absolute Gasteiger partial charge is 0.803 e. The molecular weight excluding hydrogens is 195 g/mol. The molecular formula is C7H11O5P-2. The van der Waals surface area contributed by atoms with Crippen molar-refractivity contribution < 1.29 is 23.9 Å². The zero-order chi connectivity index (χ0) is 9.90. The van der Waals surface area contributed by atoms with Gasteiger partial charge < -0.3 is 19.1 Å². The molecule has 1 aliphatic rings. The summed E-state index contributed by atoms with van der Waals surface area (Å²) in [6, 6.07) is 0. The van der Waals surface area contributed by atoms with Crippen LogP contribution >= 0.6 is 7.60 Å². The highest BCUT2D eigenvalue weighted by Crippen LogP contribution is 2.29. The molecule has 0 heterocycles. The molecule has 0 aromatic rings. The van der Waals surface area contributed by atoms with Gasteiger partial charge in [-0.15, -0.1) is 0 Å². The lowest BCUT2D eigenvalue weighted by Gasteiger charge is -2.26. The maximum absolute atomic E-state index is 10.5. The molecule has 76 valence electrons. The van der Waals surface area contributed by atoms with Crippen molar-refractivity contribution in [3.8, 4) is 0 Å². The maximum atomic E-state index is 10.5. The van der Waals surface area contributed by atoms with Gasteiger partial charge in [-0.2, -0.15) is 0 Å². The SMILES string of the molecule is O=C(OCC1CCCC1)P(=O)([O-])[O-]. The summed E-state index contributed by atoms with van der Waals surface area (Å²) in [7, 11) is -5.17. The van der Waals surface area contributed by atoms with E-state index in [1.807, 2.05) is 0 Å². The number of hydrogen-bond acceptors (Lipinski definition) is 5. The lowest BCUT2D eigenvalue weighted by Crippen LogP contribution is -2.24. The molecule has 0 radical (unpaired) electrons. The van der Waals surface area contributed by atoms with Crippen molar-refractivity contribution in [2.24, 2.45) is 5.92 Å². The zero-order valence-electron chi connectivity index (χ0n) is 7.10. The number of carbonyl (C=O) groups excluding carboxylic acids is 1. The van der Waals surface area contributed by atoms with E-state index >= 15 is 0 Å². The molecule has 1 rings (SSSR count). The van der Waals surface area contributed by atoms with Crippen molar-refractivity contribution in [1.29, 1.82) is 0 Å². The van der Waals surface area contributed by atoms with Crippen LogP contribution in [0.3, 0.4) is 0 Å². The number of hydrogen-bond donors (Lipinski definition) is 0. The van der Waals surface area contributed by atoms with E-state index in [4.69, 9.17) is 0 Å². The highest BCUT2D eigenvalue weighted by atomic mass is 31.2. The van der Waals surface area contributed by atoms with E-state index in [1.54, 1.807) is 0 Å². The maximum Gasteiger partial charge on any atom is 0.334 e. The molecule has 0 aliphatic heterocycles. The molecule has 0 unspecified atom stereocenters. The van der Waals surface area contributed by atoms with Crippen LogP contribution < -0.4 is 9.79 Å². The van der Waals surface area contributed by atoms with Crippen LogP contribution in [-0.2, 0) is 9.30 Å². The summed E-state index contributed by atoms with van der Waals surface area (Å²) in [5, 5.41) is 0. The van der Waals surface area contributed by atoms with E-state index < -0.39 is 13.3 Å². The summed E-state index contributed by atoms with van der Waals surface area (Å²) in [6.45, 7) is 0.0628. The predicted molar refractivity (Wildman–Crippen MR) is 40.9 cm³/mol. The van der Waals surface area contributed by atoms with E-state index in [0.29, 0.717) is 0 Å². The van der Waals surface area contributed by atoms with Gasteiger partial charge in [-0.05, 0) is 18.8 Å². The molecule has 0 aromatic heterocycles. The van der Waals surface area contributed by atoms with Gasteiger partial charge in [0.1, 0.15) is 0 Å². The molecule has 0 aromatic carbocycles. The van der Waals surface area contributed by atoms with Crippen LogP contribution in [-0.4, -0.2) is 12.3 Å². The lowest BCUT2D eigenvalue weighted by atomic mass is 10.1. The fraction of sp³-hybridized carbons (Fsp3) is 0.857. The quantitative estimate of drug-likeness (QED) is 0.616. The molecule has 0 bridgehead atoms. The first kappa shape index (κ1) is 10.7. The molecule has 1 aliphatic carbocycles. The molecule has 0 N–H and O–H groups in total. The van der Waals surface area contributed by atoms with Gasteiger partial charge in [-0.25, -0.2) is 4.79 Å². The molecule has 1 saturated carbocycles. The smallest absolute Gasteiger partial charge is 0.334 e. The molecule has 13 heavy (non-hydrogen) atoms. The number of carbonyl (C=O) groups is 1. The second-order valence-corrected chi connectivity index (χ2v) is 4.58. The first-order chi connectivity index (χ1) is 6.00. The molecule has 5 nitrogen and oxygen atoms in total. The molecule has 0 amide bonds. The van der Waals surface area contributed by atoms with E-state index in [1.165, 1.54) is 0 Å². The molecule has 1 fully saturated rings. The minimum absolute atomic E-state index is 0.0628. The molecule has 0 atom stereocenters. The first-order valence-electron chi connectivity index (χ1n) is 4.19. The monoisotopic (exact) mass is 206 g/mol. The minimum Gasteiger partial charge on any atom is -0.803 e. The summed E-state index contributed by atoms with van der Waals surface area (Å²) in [5.41, 5.74) is -1.63. The topological polar surface area (TPSA) is 89.5 Å². The van der Waals surface area contributed by atoms with E-state index in [2.05, 4.69) is 4.74 Å². The van der Waals surface area contributed by atoms with Crippen LogP contribution in [0.15, 0.2) is 0 Å². The van der Waals surface area contributed by atoms with Crippen molar-refractivity contribution >= 4 is 13.3 Å². The van der Waals surface area contributed by atoms with Gasteiger partial charge in [0.2, 0.25) is 0 Å². The van der Waals surface area contributed by atoms with E-state index in [0.717, 1.165) is 25.7 Å². The van der Waals surface area contributed by atoms with Crippen molar-refractivity contribution in [2.45, 2.75) is 25.7 Å². The first-order valence-corrected chi connectivity index (χ1v) is 5.74. The van der Waals surface area contributed by atoms with Crippen molar-refractivity contribution in [2.75, 3.05) is 6.61 Å². The molecule has 6 heteroatoms. The van der Waals surface area contributed by atoms with Gasteiger partial charge in [0, 0.05) is 7.60 Å². The summed E-state index contributed by atoms with van der Waals surface area (Å²) in [6.07, 6.45) is 4.04. The van der Waals surface area contributed by atoms with Crippen LogP contribution in [0.5, 0.6) is 0 Å². The molecule has 0 spiro atoms. The van der Waals surface area contributed by atoms with E-state index in [9.17, 15) is 19.1 Å². The van der Waals surface area contributed by atoms with Gasteiger partial charge in [-0.3, -0.25) is 0 Å². The Morgan fingerprint density at radius 2 is 1.92 bits per heavy atom. The minimum atomic E-state index is -5.17. The fourth-order valence-electron chi connectivity index (χ4n) is 1.45. The second kappa shape index (κ2) is 4.22. The van der Waals surface area contributed by atoms with Gasteiger partial charge in [-0.1, -0.05) is 12.8 Å². The Kier molecular flexibility index (Phi) is 3.47. The third-order valence-electron chi connectivity index (χ3n) is 2.14. The van der Waals surface area contributed by atoms with Crippen LogP contribution in [0.4, 0.5) is 4.79 Å². The number of ether oxygens (including phenoxy) is 1. The summed E-state index contributed by atoms with van der Waals surface area (Å²) in [4.78, 5) is 30.8. The van der Waals surface area contributed by atoms with Crippen molar-refractivity contribution in [3.05, 3.63) is 0 Å². The Labute approximate surface area is 76.2 Å². The Bertz CT molecular complexity index is 227. The van der Waals surface area contributed by atoms with Gasteiger partial charge >= 0.3 is 5.71 Å². The third kappa shape index (κ3) is 3.46. The van der Waals surface area contributed by atoms with Crippen molar-refractivity contribution in [3.63, 3.8) is 0 Å². The average molecular weight is 206 g/mol. The normalized spacial score (nSPS) is 18.9. The molecule has 0 saturated heterocycles. The highest BCUT2D eigenvalue weighted by molar-refractivity contribution is 7.66. The van der Waals surface area contributed by atoms with Crippen molar-refractivity contribution in [1.82, 2.24) is 0 Å². The summed E-state index contributed by atoms with van der Waals surface area (Å²) >= 11 is 0. The summed E-state index contributed by atoms with van der Waals surface area (Å²) in [5.74, 6) is 0.232. The Hall–Kier alpha value is -0.380. The Morgan fingerprint density at radius 1 is 1.38 bits per heavy atom. The summed E-state index contributed by atoms with van der Waals surface area (Å²) < 4.78 is 14.5. The lowest BCUT2D eigenvalue weighted by molar-refractivity contribution is -0.309. The van der Waals surface area contributed by atoms with Gasteiger partial charge in [0.15, 0.2) is 0 Å². The number of rotatable bonds is 3. The van der Waals surface area contributed by atoms with Crippen LogP contribution in [0.2, 0.25) is 0 Å². The predicted octanol–water partition coefficient (Wildman–Crippen LogP) is 0.227. The second-order valence-electron chi connectivity index (χ2n) is 3.22. The van der Waals surface area contributed by atoms with Gasteiger partial charge in [0.05, 0.1) is 6.61 Å². The standard InChI is InChI=1S/C7H13O5P/c8-7(13(9,10)11)12-5-6-3-1-2-4-6/h6H,1-5H2,(H2,9,10,11)/p-2. The Morgan fingerprint density at radius 3 is 2.38 bits per heavy atom. The fourth-order valence-corrected chi connectivity index (χ4v) is 1.68. The van der Waals surface area contributed by atoms with Crippen LogP contribution in [0, 0.1) is 5.92 Å². The van der Waals surface area contributed by atoms with Gasteiger partial charge in [0.25, 0.3) is 0 Å². The van der Waals surface area contributed by atoms with Crippen LogP contribution in [0.25, 0.3) is 0 Å². The van der Waals surface area contributed by atoms with Crippen LogP contribution in [0.1, 0.15) is 25.7 Å². The highest BCUT2D eigenvalue weighted by Gasteiger charge is 2.17. The average Bonchev–Trinajstić information content (AvgIpc) is 2.50. The zero-order valence-corrected chi connectivity index (χ0v) is 8.00.